The van der Waals surface area contributed by atoms with Crippen LogP contribution in [0.5, 0.6) is 0 Å². The minimum atomic E-state index is -0.253. The summed E-state index contributed by atoms with van der Waals surface area (Å²) < 4.78 is 0. The van der Waals surface area contributed by atoms with E-state index in [-0.39, 0.29) is 11.9 Å². The Kier molecular flexibility index (Phi) is 4.34. The highest BCUT2D eigenvalue weighted by molar-refractivity contribution is 5.90. The number of carbonyl (C=O) groups excluding carboxylic acids is 1. The Labute approximate surface area is 95.3 Å². The van der Waals surface area contributed by atoms with Crippen molar-refractivity contribution in [3.63, 3.8) is 0 Å². The first-order chi connectivity index (χ1) is 7.65. The van der Waals surface area contributed by atoms with Gasteiger partial charge in [-0.25, -0.2) is 0 Å². The van der Waals surface area contributed by atoms with Crippen molar-refractivity contribution in [1.82, 2.24) is 0 Å². The first-order valence-corrected chi connectivity index (χ1v) is 5.21. The molecule has 0 radical (unpaired) electrons. The van der Waals surface area contributed by atoms with Crippen molar-refractivity contribution >= 4 is 17.3 Å². The lowest BCUT2D eigenvalue weighted by molar-refractivity contribution is -0.115. The summed E-state index contributed by atoms with van der Waals surface area (Å²) in [7, 11) is 0. The van der Waals surface area contributed by atoms with Crippen LogP contribution in [0.2, 0.25) is 0 Å². The average molecular weight is 217 g/mol. The van der Waals surface area contributed by atoms with E-state index in [2.05, 4.69) is 16.7 Å². The van der Waals surface area contributed by atoms with Crippen LogP contribution >= 0.6 is 0 Å². The third-order valence-electron chi connectivity index (χ3n) is 2.04. The fraction of sp³-hybridized carbons (Fsp3) is 0.333. The number of carbonyl (C=O) groups is 1. The fourth-order valence-corrected chi connectivity index (χ4v) is 1.22. The first-order valence-electron chi connectivity index (χ1n) is 5.21. The average Bonchev–Trinajstić information content (AvgIpc) is 2.29. The van der Waals surface area contributed by atoms with Crippen LogP contribution in [0.15, 0.2) is 24.3 Å². The van der Waals surface area contributed by atoms with Gasteiger partial charge in [-0.1, -0.05) is 13.0 Å². The molecule has 4 nitrogen and oxygen atoms in total. The maximum absolute atomic E-state index is 11.2. The molecule has 84 valence electrons. The molecule has 0 heterocycles. The van der Waals surface area contributed by atoms with E-state index in [1.165, 1.54) is 0 Å². The van der Waals surface area contributed by atoms with Gasteiger partial charge in [0.25, 0.3) is 0 Å². The molecule has 1 rings (SSSR count). The van der Waals surface area contributed by atoms with Crippen molar-refractivity contribution in [3.8, 4) is 6.07 Å². The Morgan fingerprint density at radius 3 is 2.81 bits per heavy atom. The number of hydrogen-bond acceptors (Lipinski definition) is 3. The van der Waals surface area contributed by atoms with E-state index in [1.807, 2.05) is 18.2 Å². The Bertz CT molecular complexity index is 409. The summed E-state index contributed by atoms with van der Waals surface area (Å²) in [6.45, 7) is 3.58. The van der Waals surface area contributed by atoms with Gasteiger partial charge < -0.3 is 10.6 Å². The Morgan fingerprint density at radius 2 is 2.19 bits per heavy atom. The number of nitrogens with zero attached hydrogens (tertiary/aromatic N) is 1. The summed E-state index contributed by atoms with van der Waals surface area (Å²) in [4.78, 5) is 11.2. The van der Waals surface area contributed by atoms with Gasteiger partial charge in [-0.15, -0.1) is 0 Å². The smallest absolute Gasteiger partial charge is 0.224 e. The molecule has 1 unspecified atom stereocenters. The summed E-state index contributed by atoms with van der Waals surface area (Å²) >= 11 is 0. The molecule has 0 aromatic heterocycles. The van der Waals surface area contributed by atoms with Crippen LogP contribution in [0, 0.1) is 11.3 Å². The number of anilines is 2. The van der Waals surface area contributed by atoms with Crippen molar-refractivity contribution < 1.29 is 4.79 Å². The van der Waals surface area contributed by atoms with Crippen LogP contribution in [0.1, 0.15) is 20.3 Å². The van der Waals surface area contributed by atoms with Gasteiger partial charge in [0.1, 0.15) is 6.04 Å². The molecule has 1 aromatic rings. The van der Waals surface area contributed by atoms with Crippen LogP contribution in [0.25, 0.3) is 0 Å². The number of hydrogen-bond donors (Lipinski definition) is 2. The maximum Gasteiger partial charge on any atom is 0.224 e. The number of nitriles is 1. The Morgan fingerprint density at radius 1 is 1.50 bits per heavy atom. The summed E-state index contributed by atoms with van der Waals surface area (Å²) in [5.74, 6) is -0.0227. The number of rotatable bonds is 4. The summed E-state index contributed by atoms with van der Waals surface area (Å²) in [5, 5.41) is 14.4. The van der Waals surface area contributed by atoms with Gasteiger partial charge in [-0.3, -0.25) is 4.79 Å². The number of amides is 1. The molecular formula is C12H15N3O. The molecule has 1 aromatic carbocycles. The van der Waals surface area contributed by atoms with Gasteiger partial charge >= 0.3 is 0 Å². The second-order valence-electron chi connectivity index (χ2n) is 3.48. The van der Waals surface area contributed by atoms with E-state index in [1.54, 1.807) is 19.9 Å². The zero-order valence-corrected chi connectivity index (χ0v) is 9.45. The van der Waals surface area contributed by atoms with E-state index in [0.717, 1.165) is 11.4 Å². The van der Waals surface area contributed by atoms with Gasteiger partial charge in [-0.2, -0.15) is 5.26 Å². The quantitative estimate of drug-likeness (QED) is 0.813. The van der Waals surface area contributed by atoms with Gasteiger partial charge in [0.15, 0.2) is 0 Å². The monoisotopic (exact) mass is 217 g/mol. The molecule has 0 aliphatic heterocycles. The van der Waals surface area contributed by atoms with Crippen molar-refractivity contribution in [2.45, 2.75) is 26.3 Å². The van der Waals surface area contributed by atoms with Gasteiger partial charge in [-0.05, 0) is 25.1 Å². The van der Waals surface area contributed by atoms with E-state index in [9.17, 15) is 4.79 Å². The standard InChI is InChI=1S/C12H15N3O/c1-3-12(16)15-11-6-4-5-10(7-11)14-9(2)8-13/h4-7,9,14H,3H2,1-2H3,(H,15,16). The van der Waals surface area contributed by atoms with Gasteiger partial charge in [0.05, 0.1) is 6.07 Å². The fourth-order valence-electron chi connectivity index (χ4n) is 1.22. The first kappa shape index (κ1) is 12.1. The molecule has 1 amide bonds. The van der Waals surface area contributed by atoms with E-state index in [4.69, 9.17) is 5.26 Å². The minimum Gasteiger partial charge on any atom is -0.370 e. The van der Waals surface area contributed by atoms with Crippen molar-refractivity contribution in [2.75, 3.05) is 10.6 Å². The molecule has 0 fully saturated rings. The summed E-state index contributed by atoms with van der Waals surface area (Å²) in [6, 6.07) is 9.14. The zero-order chi connectivity index (χ0) is 12.0. The summed E-state index contributed by atoms with van der Waals surface area (Å²) in [5.41, 5.74) is 1.56. The van der Waals surface area contributed by atoms with E-state index < -0.39 is 0 Å². The van der Waals surface area contributed by atoms with E-state index in [0.29, 0.717) is 6.42 Å². The molecule has 0 saturated carbocycles. The zero-order valence-electron chi connectivity index (χ0n) is 9.45. The highest BCUT2D eigenvalue weighted by Gasteiger charge is 2.02. The van der Waals surface area contributed by atoms with Crippen molar-refractivity contribution in [3.05, 3.63) is 24.3 Å². The topological polar surface area (TPSA) is 64.9 Å². The number of benzene rings is 1. The van der Waals surface area contributed by atoms with Crippen LogP contribution in [-0.4, -0.2) is 11.9 Å². The predicted octanol–water partition coefficient (Wildman–Crippen LogP) is 2.36. The van der Waals surface area contributed by atoms with Gasteiger partial charge in [0, 0.05) is 17.8 Å². The van der Waals surface area contributed by atoms with Crippen LogP contribution in [-0.2, 0) is 4.79 Å². The highest BCUT2D eigenvalue weighted by atomic mass is 16.1. The molecule has 0 aliphatic rings. The summed E-state index contributed by atoms with van der Waals surface area (Å²) in [6.07, 6.45) is 0.451. The van der Waals surface area contributed by atoms with E-state index >= 15 is 0 Å². The van der Waals surface area contributed by atoms with Crippen LogP contribution in [0.4, 0.5) is 11.4 Å². The second kappa shape index (κ2) is 5.76. The SMILES string of the molecule is CCC(=O)Nc1cccc(NC(C)C#N)c1. The molecule has 0 aliphatic carbocycles. The Balaban J connectivity index is 2.72. The number of nitrogens with one attached hydrogen (secondary N) is 2. The molecule has 0 spiro atoms. The second-order valence-corrected chi connectivity index (χ2v) is 3.48. The predicted molar refractivity (Wildman–Crippen MR) is 64.1 cm³/mol. The normalized spacial score (nSPS) is 11.3. The molecular weight excluding hydrogens is 202 g/mol. The molecule has 16 heavy (non-hydrogen) atoms. The Hall–Kier alpha value is -2.02. The molecule has 0 saturated heterocycles. The van der Waals surface area contributed by atoms with Crippen LogP contribution in [0.3, 0.4) is 0 Å². The van der Waals surface area contributed by atoms with Crippen molar-refractivity contribution in [1.29, 1.82) is 5.26 Å². The van der Waals surface area contributed by atoms with Crippen LogP contribution < -0.4 is 10.6 Å². The third-order valence-corrected chi connectivity index (χ3v) is 2.04. The lowest BCUT2D eigenvalue weighted by Gasteiger charge is -2.10. The molecule has 0 bridgehead atoms. The van der Waals surface area contributed by atoms with Crippen molar-refractivity contribution in [2.24, 2.45) is 0 Å². The molecule has 4 heteroatoms. The lowest BCUT2D eigenvalue weighted by Crippen LogP contribution is -2.13. The van der Waals surface area contributed by atoms with Gasteiger partial charge in [0.2, 0.25) is 5.91 Å². The third kappa shape index (κ3) is 3.62. The molecule has 2 N–H and O–H groups in total. The lowest BCUT2D eigenvalue weighted by atomic mass is 10.2. The maximum atomic E-state index is 11.2. The minimum absolute atomic E-state index is 0.0227. The molecule has 1 atom stereocenters. The largest absolute Gasteiger partial charge is 0.370 e. The highest BCUT2D eigenvalue weighted by Crippen LogP contribution is 2.15.